The number of carbonyl (C=O) groups excluding carboxylic acids is 2. The van der Waals surface area contributed by atoms with Crippen molar-refractivity contribution in [2.24, 2.45) is 0 Å². The molecule has 0 heterocycles. The molecule has 0 aliphatic rings. The topological polar surface area (TPSA) is 75.6 Å². The molecule has 0 saturated carbocycles. The van der Waals surface area contributed by atoms with E-state index in [1.807, 2.05) is 0 Å². The van der Waals surface area contributed by atoms with Crippen molar-refractivity contribution in [1.29, 1.82) is 0 Å². The van der Waals surface area contributed by atoms with Crippen molar-refractivity contribution in [3.63, 3.8) is 0 Å². The second-order valence-corrected chi connectivity index (χ2v) is 4.02. The lowest BCUT2D eigenvalue weighted by Crippen LogP contribution is -2.64. The summed E-state index contributed by atoms with van der Waals surface area (Å²) in [4.78, 5) is 22.8. The van der Waals surface area contributed by atoms with Crippen LogP contribution in [0, 0.1) is 6.92 Å². The Morgan fingerprint density at radius 3 is 2.35 bits per heavy atom. The number of rotatable bonds is 3. The Labute approximate surface area is 112 Å². The van der Waals surface area contributed by atoms with Crippen LogP contribution in [-0.4, -0.2) is 36.0 Å². The summed E-state index contributed by atoms with van der Waals surface area (Å²) >= 11 is 0. The highest BCUT2D eigenvalue weighted by Crippen LogP contribution is 2.29. The zero-order chi connectivity index (χ0) is 15.6. The Hall–Kier alpha value is -2.09. The lowest BCUT2D eigenvalue weighted by molar-refractivity contribution is -0.268. The number of amides is 1. The number of esters is 1. The molecule has 20 heavy (non-hydrogen) atoms. The van der Waals surface area contributed by atoms with E-state index in [1.54, 1.807) is 13.0 Å². The van der Waals surface area contributed by atoms with E-state index in [0.29, 0.717) is 12.7 Å². The molecular formula is C12H12F3NO4. The van der Waals surface area contributed by atoms with Crippen molar-refractivity contribution >= 4 is 11.9 Å². The van der Waals surface area contributed by atoms with E-state index in [1.165, 1.54) is 23.5 Å². The average Bonchev–Trinajstić information content (AvgIpc) is 2.36. The van der Waals surface area contributed by atoms with Crippen molar-refractivity contribution in [2.75, 3.05) is 7.11 Å². The smallest absolute Gasteiger partial charge is 0.448 e. The third kappa shape index (κ3) is 3.08. The van der Waals surface area contributed by atoms with Gasteiger partial charge in [0.15, 0.2) is 0 Å². The van der Waals surface area contributed by atoms with Gasteiger partial charge in [0.05, 0.1) is 7.11 Å². The van der Waals surface area contributed by atoms with Crippen LogP contribution in [0.25, 0.3) is 0 Å². The van der Waals surface area contributed by atoms with Crippen molar-refractivity contribution in [3.05, 3.63) is 35.4 Å². The molecule has 0 radical (unpaired) electrons. The van der Waals surface area contributed by atoms with Crippen molar-refractivity contribution in [1.82, 2.24) is 5.32 Å². The predicted octanol–water partition coefficient (Wildman–Crippen LogP) is 1.15. The first-order valence-electron chi connectivity index (χ1n) is 5.38. The third-order valence-corrected chi connectivity index (χ3v) is 2.47. The number of alkyl halides is 3. The highest BCUT2D eigenvalue weighted by molar-refractivity contribution is 5.98. The number of methoxy groups -OCH3 is 1. The fraction of sp³-hybridized carbons (Fsp3) is 0.333. The molecule has 2 N–H and O–H groups in total. The molecule has 1 rings (SSSR count). The fourth-order valence-corrected chi connectivity index (χ4v) is 1.41. The van der Waals surface area contributed by atoms with Gasteiger partial charge in [-0.15, -0.1) is 0 Å². The summed E-state index contributed by atoms with van der Waals surface area (Å²) in [6, 6.07) is 5.64. The first-order valence-corrected chi connectivity index (χ1v) is 5.38. The summed E-state index contributed by atoms with van der Waals surface area (Å²) < 4.78 is 42.1. The summed E-state index contributed by atoms with van der Waals surface area (Å²) in [5.41, 5.74) is -3.59. The Balaban J connectivity index is 3.09. The van der Waals surface area contributed by atoms with E-state index in [0.717, 1.165) is 0 Å². The van der Waals surface area contributed by atoms with Crippen LogP contribution in [0.15, 0.2) is 24.3 Å². The highest BCUT2D eigenvalue weighted by atomic mass is 19.4. The quantitative estimate of drug-likeness (QED) is 0.647. The van der Waals surface area contributed by atoms with Gasteiger partial charge in [-0.2, -0.15) is 13.2 Å². The maximum Gasteiger partial charge on any atom is 0.448 e. The first kappa shape index (κ1) is 16.0. The molecule has 1 aromatic carbocycles. The van der Waals surface area contributed by atoms with E-state index in [9.17, 15) is 27.9 Å². The van der Waals surface area contributed by atoms with E-state index >= 15 is 0 Å². The van der Waals surface area contributed by atoms with Crippen LogP contribution < -0.4 is 5.32 Å². The van der Waals surface area contributed by atoms with Crippen LogP contribution in [0.3, 0.4) is 0 Å². The number of hydrogen-bond acceptors (Lipinski definition) is 4. The molecule has 0 aliphatic heterocycles. The lowest BCUT2D eigenvalue weighted by atomic mass is 10.1. The van der Waals surface area contributed by atoms with Gasteiger partial charge < -0.3 is 15.2 Å². The minimum atomic E-state index is -5.42. The molecule has 0 bridgehead atoms. The summed E-state index contributed by atoms with van der Waals surface area (Å²) in [6.45, 7) is 1.63. The summed E-state index contributed by atoms with van der Waals surface area (Å²) in [6.07, 6.45) is -5.42. The van der Waals surface area contributed by atoms with Gasteiger partial charge in [0.25, 0.3) is 5.91 Å². The largest absolute Gasteiger partial charge is 0.465 e. The third-order valence-electron chi connectivity index (χ3n) is 2.47. The van der Waals surface area contributed by atoms with Gasteiger partial charge in [-0.25, -0.2) is 4.79 Å². The van der Waals surface area contributed by atoms with Crippen molar-refractivity contribution in [2.45, 2.75) is 18.8 Å². The van der Waals surface area contributed by atoms with Crippen LogP contribution in [-0.2, 0) is 9.53 Å². The Morgan fingerprint density at radius 1 is 1.30 bits per heavy atom. The summed E-state index contributed by atoms with van der Waals surface area (Å²) in [7, 11) is 0.665. The highest BCUT2D eigenvalue weighted by Gasteiger charge is 2.62. The van der Waals surface area contributed by atoms with Crippen molar-refractivity contribution < 1.29 is 32.6 Å². The van der Waals surface area contributed by atoms with Crippen LogP contribution in [0.2, 0.25) is 0 Å². The molecule has 110 valence electrons. The molecule has 1 atom stereocenters. The lowest BCUT2D eigenvalue weighted by Gasteiger charge is -2.28. The molecule has 0 aliphatic carbocycles. The number of ether oxygens (including phenoxy) is 1. The van der Waals surface area contributed by atoms with Crippen LogP contribution >= 0.6 is 0 Å². The number of aryl methyl sites for hydroxylation is 1. The molecule has 0 saturated heterocycles. The molecule has 1 aromatic rings. The van der Waals surface area contributed by atoms with Crippen molar-refractivity contribution in [3.8, 4) is 0 Å². The molecule has 0 spiro atoms. The number of nitrogens with one attached hydrogen (secondary N) is 1. The number of halogens is 3. The number of aliphatic hydroxyl groups is 1. The van der Waals surface area contributed by atoms with E-state index in [4.69, 9.17) is 0 Å². The molecular weight excluding hydrogens is 279 g/mol. The minimum absolute atomic E-state index is 0.128. The normalized spacial score (nSPS) is 14.3. The van der Waals surface area contributed by atoms with Gasteiger partial charge in [-0.3, -0.25) is 4.79 Å². The average molecular weight is 291 g/mol. The van der Waals surface area contributed by atoms with Crippen LogP contribution in [0.1, 0.15) is 15.9 Å². The second-order valence-electron chi connectivity index (χ2n) is 4.02. The molecule has 1 amide bonds. The monoisotopic (exact) mass is 291 g/mol. The molecule has 0 aromatic heterocycles. The van der Waals surface area contributed by atoms with Gasteiger partial charge in [-0.05, 0) is 19.1 Å². The van der Waals surface area contributed by atoms with Crippen LogP contribution in [0.4, 0.5) is 13.2 Å². The van der Waals surface area contributed by atoms with Gasteiger partial charge in [0.2, 0.25) is 0 Å². The Kier molecular flexibility index (Phi) is 4.39. The van der Waals surface area contributed by atoms with Gasteiger partial charge in [-0.1, -0.05) is 17.7 Å². The zero-order valence-corrected chi connectivity index (χ0v) is 10.6. The fourth-order valence-electron chi connectivity index (χ4n) is 1.41. The minimum Gasteiger partial charge on any atom is -0.465 e. The maximum atomic E-state index is 12.7. The Bertz CT molecular complexity index is 530. The summed E-state index contributed by atoms with van der Waals surface area (Å²) in [5, 5.41) is 10.6. The van der Waals surface area contributed by atoms with E-state index in [-0.39, 0.29) is 5.56 Å². The maximum absolute atomic E-state index is 12.7. The van der Waals surface area contributed by atoms with E-state index in [2.05, 4.69) is 4.74 Å². The second kappa shape index (κ2) is 5.49. The number of benzene rings is 1. The first-order chi connectivity index (χ1) is 9.11. The van der Waals surface area contributed by atoms with Gasteiger partial charge >= 0.3 is 17.9 Å². The van der Waals surface area contributed by atoms with E-state index < -0.39 is 23.8 Å². The predicted molar refractivity (Wildman–Crippen MR) is 61.7 cm³/mol. The van der Waals surface area contributed by atoms with Crippen LogP contribution in [0.5, 0.6) is 0 Å². The Morgan fingerprint density at radius 2 is 1.90 bits per heavy atom. The van der Waals surface area contributed by atoms with Gasteiger partial charge in [0.1, 0.15) is 0 Å². The standard InChI is InChI=1S/C12H12F3NO4/c1-7-4-3-5-8(6-7)9(17)16-11(19,10(18)20-2)12(13,14)15/h3-6,19H,1-2H3,(H,16,17)/t11-/m0/s1. The molecule has 5 nitrogen and oxygen atoms in total. The molecule has 0 fully saturated rings. The number of carbonyl (C=O) groups is 2. The molecule has 0 unspecified atom stereocenters. The SMILES string of the molecule is COC(=O)[C@@](O)(NC(=O)c1cccc(C)c1)C(F)(F)F. The van der Waals surface area contributed by atoms with Gasteiger partial charge in [0, 0.05) is 5.56 Å². The summed E-state index contributed by atoms with van der Waals surface area (Å²) in [5.74, 6) is -3.27. The zero-order valence-electron chi connectivity index (χ0n) is 10.6. The molecule has 8 heteroatoms. The number of hydrogen-bond donors (Lipinski definition) is 2.